The van der Waals surface area contributed by atoms with Crippen LogP contribution in [0.15, 0.2) is 24.3 Å². The highest BCUT2D eigenvalue weighted by atomic mass is 32.2. The van der Waals surface area contributed by atoms with Crippen LogP contribution in [-0.4, -0.2) is 44.9 Å². The monoisotopic (exact) mass is 326 g/mol. The first-order valence-electron chi connectivity index (χ1n) is 6.81. The molecule has 1 aliphatic heterocycles. The minimum Gasteiger partial charge on any atom is -0.497 e. The molecule has 1 aromatic rings. The Morgan fingerprint density at radius 3 is 2.45 bits per heavy atom. The number of benzene rings is 1. The molecule has 2 rings (SSSR count). The molecule has 22 heavy (non-hydrogen) atoms. The number of nitrogens with one attached hydrogen (secondary N) is 2. The van der Waals surface area contributed by atoms with Crippen LogP contribution in [0.2, 0.25) is 0 Å². The molecule has 2 amide bonds. The van der Waals surface area contributed by atoms with Crippen molar-refractivity contribution in [1.29, 1.82) is 0 Å². The molecular formula is C14H18N2O5S. The van der Waals surface area contributed by atoms with Gasteiger partial charge in [0.25, 0.3) is 0 Å². The molecule has 1 atom stereocenters. The number of ether oxygens (including phenoxy) is 1. The zero-order valence-corrected chi connectivity index (χ0v) is 13.0. The van der Waals surface area contributed by atoms with Gasteiger partial charge in [-0.2, -0.15) is 0 Å². The summed E-state index contributed by atoms with van der Waals surface area (Å²) in [5.41, 5.74) is 0.824. The van der Waals surface area contributed by atoms with Gasteiger partial charge in [0.1, 0.15) is 5.75 Å². The van der Waals surface area contributed by atoms with Gasteiger partial charge in [-0.25, -0.2) is 8.42 Å². The predicted octanol–water partition coefficient (Wildman–Crippen LogP) is -0.385. The highest BCUT2D eigenvalue weighted by Gasteiger charge is 2.30. The largest absolute Gasteiger partial charge is 0.497 e. The maximum Gasteiger partial charge on any atom is 0.309 e. The summed E-state index contributed by atoms with van der Waals surface area (Å²) in [6.07, 6.45) is 0.347. The van der Waals surface area contributed by atoms with Crippen LogP contribution in [0.5, 0.6) is 5.75 Å². The van der Waals surface area contributed by atoms with E-state index < -0.39 is 27.7 Å². The highest BCUT2D eigenvalue weighted by molar-refractivity contribution is 7.91. The van der Waals surface area contributed by atoms with Gasteiger partial charge in [0.2, 0.25) is 0 Å². The Hall–Kier alpha value is -2.09. The molecule has 1 unspecified atom stereocenters. The maximum absolute atomic E-state index is 11.7. The molecule has 2 N–H and O–H groups in total. The smallest absolute Gasteiger partial charge is 0.309 e. The third kappa shape index (κ3) is 4.45. The van der Waals surface area contributed by atoms with Crippen LogP contribution >= 0.6 is 0 Å². The van der Waals surface area contributed by atoms with E-state index in [2.05, 4.69) is 10.6 Å². The van der Waals surface area contributed by atoms with Crippen molar-refractivity contribution in [1.82, 2.24) is 10.6 Å². The molecule has 0 bridgehead atoms. The average Bonchev–Trinajstić information content (AvgIpc) is 2.84. The molecule has 1 fully saturated rings. The summed E-state index contributed by atoms with van der Waals surface area (Å²) in [5.74, 6) is -0.943. The first-order chi connectivity index (χ1) is 10.4. The molecule has 0 aromatic heterocycles. The SMILES string of the molecule is COc1ccc(CNC(=O)C(=O)NC2CCS(=O)(=O)C2)cc1. The topological polar surface area (TPSA) is 102 Å². The van der Waals surface area contributed by atoms with E-state index >= 15 is 0 Å². The maximum atomic E-state index is 11.7. The fraction of sp³-hybridized carbons (Fsp3) is 0.429. The van der Waals surface area contributed by atoms with Crippen molar-refractivity contribution in [3.05, 3.63) is 29.8 Å². The van der Waals surface area contributed by atoms with Crippen molar-refractivity contribution < 1.29 is 22.7 Å². The van der Waals surface area contributed by atoms with Gasteiger partial charge in [0, 0.05) is 12.6 Å². The Bertz CT molecular complexity index is 654. The summed E-state index contributed by atoms with van der Waals surface area (Å²) in [6, 6.07) is 6.58. The Morgan fingerprint density at radius 1 is 1.23 bits per heavy atom. The average molecular weight is 326 g/mol. The normalized spacial score (nSPS) is 19.4. The molecule has 1 aliphatic rings. The predicted molar refractivity (Wildman–Crippen MR) is 80.0 cm³/mol. The van der Waals surface area contributed by atoms with Crippen LogP contribution in [0.3, 0.4) is 0 Å². The molecular weight excluding hydrogens is 308 g/mol. The third-order valence-electron chi connectivity index (χ3n) is 3.39. The second-order valence-corrected chi connectivity index (χ2v) is 7.33. The van der Waals surface area contributed by atoms with E-state index in [1.165, 1.54) is 0 Å². The first kappa shape index (κ1) is 16.3. The number of hydrogen-bond acceptors (Lipinski definition) is 5. The van der Waals surface area contributed by atoms with E-state index in [1.807, 2.05) is 0 Å². The molecule has 1 aromatic carbocycles. The zero-order valence-electron chi connectivity index (χ0n) is 12.2. The lowest BCUT2D eigenvalue weighted by molar-refractivity contribution is -0.139. The van der Waals surface area contributed by atoms with Gasteiger partial charge in [0.15, 0.2) is 9.84 Å². The van der Waals surface area contributed by atoms with Gasteiger partial charge in [-0.15, -0.1) is 0 Å². The van der Waals surface area contributed by atoms with Gasteiger partial charge in [-0.1, -0.05) is 12.1 Å². The lowest BCUT2D eigenvalue weighted by Gasteiger charge is -2.11. The number of amides is 2. The molecule has 0 aliphatic carbocycles. The fourth-order valence-electron chi connectivity index (χ4n) is 2.17. The van der Waals surface area contributed by atoms with E-state index in [0.29, 0.717) is 12.2 Å². The summed E-state index contributed by atoms with van der Waals surface area (Å²) in [7, 11) is -1.53. The minimum atomic E-state index is -3.09. The Kier molecular flexibility index (Phi) is 5.02. The molecule has 0 spiro atoms. The van der Waals surface area contributed by atoms with E-state index in [0.717, 1.165) is 5.56 Å². The van der Waals surface area contributed by atoms with Crippen LogP contribution in [-0.2, 0) is 26.0 Å². The summed E-state index contributed by atoms with van der Waals surface area (Å²) in [6.45, 7) is 0.208. The minimum absolute atomic E-state index is 0.0470. The molecule has 8 heteroatoms. The summed E-state index contributed by atoms with van der Waals surface area (Å²) in [5, 5.41) is 4.93. The molecule has 0 radical (unpaired) electrons. The van der Waals surface area contributed by atoms with E-state index in [4.69, 9.17) is 4.74 Å². The van der Waals surface area contributed by atoms with E-state index in [9.17, 15) is 18.0 Å². The van der Waals surface area contributed by atoms with Crippen LogP contribution < -0.4 is 15.4 Å². The molecule has 120 valence electrons. The summed E-state index contributed by atoms with van der Waals surface area (Å²) in [4.78, 5) is 23.4. The quantitative estimate of drug-likeness (QED) is 0.734. The van der Waals surface area contributed by atoms with Gasteiger partial charge >= 0.3 is 11.8 Å². The number of rotatable bonds is 4. The highest BCUT2D eigenvalue weighted by Crippen LogP contribution is 2.12. The number of sulfone groups is 1. The third-order valence-corrected chi connectivity index (χ3v) is 5.15. The van der Waals surface area contributed by atoms with Crippen LogP contribution in [0.1, 0.15) is 12.0 Å². The van der Waals surface area contributed by atoms with Gasteiger partial charge in [-0.3, -0.25) is 9.59 Å². The van der Waals surface area contributed by atoms with Crippen molar-refractivity contribution >= 4 is 21.7 Å². The van der Waals surface area contributed by atoms with Gasteiger partial charge in [0.05, 0.1) is 18.6 Å². The number of carbonyl (C=O) groups excluding carboxylic acids is 2. The first-order valence-corrected chi connectivity index (χ1v) is 8.64. The van der Waals surface area contributed by atoms with Crippen molar-refractivity contribution in [2.45, 2.75) is 19.0 Å². The number of methoxy groups -OCH3 is 1. The zero-order chi connectivity index (χ0) is 16.2. The standard InChI is InChI=1S/C14H18N2O5S/c1-21-12-4-2-10(3-5-12)8-15-13(17)14(18)16-11-6-7-22(19,20)9-11/h2-5,11H,6-9H2,1H3,(H,15,17)(H,16,18). The molecule has 1 saturated heterocycles. The second-order valence-electron chi connectivity index (χ2n) is 5.10. The molecule has 0 saturated carbocycles. The lowest BCUT2D eigenvalue weighted by atomic mass is 10.2. The summed E-state index contributed by atoms with van der Waals surface area (Å²) >= 11 is 0. The van der Waals surface area contributed by atoms with Crippen molar-refractivity contribution in [3.8, 4) is 5.75 Å². The second kappa shape index (κ2) is 6.78. The van der Waals surface area contributed by atoms with Crippen LogP contribution in [0, 0.1) is 0 Å². The summed E-state index contributed by atoms with van der Waals surface area (Å²) < 4.78 is 27.6. The van der Waals surface area contributed by atoms with Gasteiger partial charge < -0.3 is 15.4 Å². The van der Waals surface area contributed by atoms with E-state index in [1.54, 1.807) is 31.4 Å². The van der Waals surface area contributed by atoms with E-state index in [-0.39, 0.29) is 18.1 Å². The molecule has 1 heterocycles. The number of carbonyl (C=O) groups is 2. The van der Waals surface area contributed by atoms with Gasteiger partial charge in [-0.05, 0) is 24.1 Å². The van der Waals surface area contributed by atoms with Crippen LogP contribution in [0.25, 0.3) is 0 Å². The Labute approximate surface area is 129 Å². The Morgan fingerprint density at radius 2 is 1.91 bits per heavy atom. The van der Waals surface area contributed by atoms with Crippen molar-refractivity contribution in [2.75, 3.05) is 18.6 Å². The fourth-order valence-corrected chi connectivity index (χ4v) is 3.84. The lowest BCUT2D eigenvalue weighted by Crippen LogP contribution is -2.44. The molecule has 7 nitrogen and oxygen atoms in total. The van der Waals surface area contributed by atoms with Crippen molar-refractivity contribution in [2.24, 2.45) is 0 Å². The van der Waals surface area contributed by atoms with Crippen LogP contribution in [0.4, 0.5) is 0 Å². The van der Waals surface area contributed by atoms with Crippen molar-refractivity contribution in [3.63, 3.8) is 0 Å². The Balaban J connectivity index is 1.80. The number of hydrogen-bond donors (Lipinski definition) is 2.